The molecule has 0 amide bonds. The van der Waals surface area contributed by atoms with Gasteiger partial charge in [0, 0.05) is 5.92 Å². The van der Waals surface area contributed by atoms with Gasteiger partial charge >= 0.3 is 0 Å². The standard InChI is InChI=1S/C9H14O2/c1-7-2-4-8(5-3-7)9(11)6-10/h6-8H,2-5H2,1H3. The van der Waals surface area contributed by atoms with Crippen molar-refractivity contribution >= 4 is 12.1 Å². The average molecular weight is 154 g/mol. The number of ketones is 1. The number of Topliss-reactive ketones (excluding diaryl/α,β-unsaturated/α-hetero) is 1. The molecule has 0 saturated heterocycles. The maximum atomic E-state index is 10.9. The Morgan fingerprint density at radius 2 is 1.82 bits per heavy atom. The third-order valence-electron chi connectivity index (χ3n) is 2.53. The van der Waals surface area contributed by atoms with E-state index in [1.54, 1.807) is 0 Å². The third kappa shape index (κ3) is 2.14. The van der Waals surface area contributed by atoms with Gasteiger partial charge in [-0.3, -0.25) is 9.59 Å². The first-order valence-electron chi connectivity index (χ1n) is 4.23. The van der Waals surface area contributed by atoms with Crippen LogP contribution in [0.1, 0.15) is 32.6 Å². The van der Waals surface area contributed by atoms with Crippen LogP contribution in [-0.2, 0) is 9.59 Å². The first-order valence-corrected chi connectivity index (χ1v) is 4.23. The van der Waals surface area contributed by atoms with E-state index in [0.717, 1.165) is 31.6 Å². The van der Waals surface area contributed by atoms with Crippen LogP contribution in [0.2, 0.25) is 0 Å². The Bertz CT molecular complexity index is 155. The predicted molar refractivity (Wildman–Crippen MR) is 42.2 cm³/mol. The van der Waals surface area contributed by atoms with Crippen LogP contribution in [0, 0.1) is 11.8 Å². The molecule has 0 aromatic heterocycles. The highest BCUT2D eigenvalue weighted by molar-refractivity contribution is 6.25. The van der Waals surface area contributed by atoms with E-state index >= 15 is 0 Å². The molecule has 62 valence electrons. The van der Waals surface area contributed by atoms with Crippen molar-refractivity contribution in [3.8, 4) is 0 Å². The minimum Gasteiger partial charge on any atom is -0.295 e. The van der Waals surface area contributed by atoms with Gasteiger partial charge in [0.05, 0.1) is 0 Å². The number of carbonyl (C=O) groups excluding carboxylic acids is 2. The maximum Gasteiger partial charge on any atom is 0.198 e. The molecule has 1 rings (SSSR count). The highest BCUT2D eigenvalue weighted by Crippen LogP contribution is 2.28. The van der Waals surface area contributed by atoms with Crippen LogP contribution in [0.3, 0.4) is 0 Å². The predicted octanol–water partition coefficient (Wildman–Crippen LogP) is 1.58. The van der Waals surface area contributed by atoms with Crippen molar-refractivity contribution in [2.45, 2.75) is 32.6 Å². The fourth-order valence-electron chi connectivity index (χ4n) is 1.64. The molecule has 11 heavy (non-hydrogen) atoms. The molecule has 2 nitrogen and oxygen atoms in total. The normalized spacial score (nSPS) is 31.4. The molecule has 0 spiro atoms. The van der Waals surface area contributed by atoms with Gasteiger partial charge in [-0.1, -0.05) is 19.8 Å². The molecule has 0 unspecified atom stereocenters. The van der Waals surface area contributed by atoms with Crippen LogP contribution < -0.4 is 0 Å². The van der Waals surface area contributed by atoms with Gasteiger partial charge < -0.3 is 0 Å². The molecule has 0 N–H and O–H groups in total. The molecule has 2 heteroatoms. The minimum atomic E-state index is -0.197. The molecule has 0 aromatic carbocycles. The molecule has 1 fully saturated rings. The van der Waals surface area contributed by atoms with E-state index in [0.29, 0.717) is 6.29 Å². The van der Waals surface area contributed by atoms with E-state index in [1.165, 1.54) is 0 Å². The molecule has 0 atom stereocenters. The number of aldehydes is 1. The lowest BCUT2D eigenvalue weighted by Crippen LogP contribution is -2.21. The van der Waals surface area contributed by atoms with Crippen molar-refractivity contribution in [1.29, 1.82) is 0 Å². The van der Waals surface area contributed by atoms with Gasteiger partial charge in [-0.15, -0.1) is 0 Å². The van der Waals surface area contributed by atoms with Gasteiger partial charge in [0.15, 0.2) is 12.1 Å². The summed E-state index contributed by atoms with van der Waals surface area (Å²) in [5.41, 5.74) is 0. The second-order valence-corrected chi connectivity index (χ2v) is 3.48. The van der Waals surface area contributed by atoms with Crippen LogP contribution in [-0.4, -0.2) is 12.1 Å². The van der Waals surface area contributed by atoms with Crippen molar-refractivity contribution in [3.05, 3.63) is 0 Å². The van der Waals surface area contributed by atoms with E-state index in [2.05, 4.69) is 6.92 Å². The quantitative estimate of drug-likeness (QED) is 0.447. The maximum absolute atomic E-state index is 10.9. The molecule has 0 aromatic rings. The summed E-state index contributed by atoms with van der Waals surface area (Å²) < 4.78 is 0. The Labute approximate surface area is 67.0 Å². The van der Waals surface area contributed by atoms with E-state index < -0.39 is 0 Å². The summed E-state index contributed by atoms with van der Waals surface area (Å²) in [6.07, 6.45) is 4.51. The van der Waals surface area contributed by atoms with Gasteiger partial charge in [0.1, 0.15) is 0 Å². The highest BCUT2D eigenvalue weighted by Gasteiger charge is 2.23. The lowest BCUT2D eigenvalue weighted by Gasteiger charge is -2.23. The van der Waals surface area contributed by atoms with E-state index in [4.69, 9.17) is 0 Å². The number of hydrogen-bond acceptors (Lipinski definition) is 2. The van der Waals surface area contributed by atoms with Crippen molar-refractivity contribution in [2.75, 3.05) is 0 Å². The first-order chi connectivity index (χ1) is 5.24. The summed E-state index contributed by atoms with van der Waals surface area (Å²) in [4.78, 5) is 21.0. The zero-order valence-electron chi connectivity index (χ0n) is 6.88. The van der Waals surface area contributed by atoms with Gasteiger partial charge in [-0.05, 0) is 18.8 Å². The second kappa shape index (κ2) is 3.65. The molecule has 1 aliphatic rings. The molecule has 1 saturated carbocycles. The summed E-state index contributed by atoms with van der Waals surface area (Å²) in [6.45, 7) is 2.20. The summed E-state index contributed by atoms with van der Waals surface area (Å²) in [7, 11) is 0. The van der Waals surface area contributed by atoms with Gasteiger partial charge in [0.2, 0.25) is 0 Å². The van der Waals surface area contributed by atoms with Crippen LogP contribution in [0.4, 0.5) is 0 Å². The summed E-state index contributed by atoms with van der Waals surface area (Å²) in [5, 5.41) is 0. The van der Waals surface area contributed by atoms with Gasteiger partial charge in [0.25, 0.3) is 0 Å². The fourth-order valence-corrected chi connectivity index (χ4v) is 1.64. The highest BCUT2D eigenvalue weighted by atomic mass is 16.2. The summed E-state index contributed by atoms with van der Waals surface area (Å²) >= 11 is 0. The Balaban J connectivity index is 2.38. The molecule has 1 aliphatic carbocycles. The first kappa shape index (κ1) is 8.44. The van der Waals surface area contributed by atoms with Crippen LogP contribution in [0.5, 0.6) is 0 Å². The van der Waals surface area contributed by atoms with Crippen LogP contribution in [0.25, 0.3) is 0 Å². The number of carbonyl (C=O) groups is 2. The molecule has 0 aliphatic heterocycles. The Morgan fingerprint density at radius 1 is 1.27 bits per heavy atom. The zero-order valence-corrected chi connectivity index (χ0v) is 6.88. The lowest BCUT2D eigenvalue weighted by molar-refractivity contribution is -0.133. The summed E-state index contributed by atoms with van der Waals surface area (Å²) in [5.74, 6) is 0.589. The molecular weight excluding hydrogens is 140 g/mol. The molecule has 0 heterocycles. The third-order valence-corrected chi connectivity index (χ3v) is 2.53. The van der Waals surface area contributed by atoms with Crippen molar-refractivity contribution in [3.63, 3.8) is 0 Å². The van der Waals surface area contributed by atoms with E-state index in [9.17, 15) is 9.59 Å². The van der Waals surface area contributed by atoms with Crippen LogP contribution in [0.15, 0.2) is 0 Å². The SMILES string of the molecule is CC1CCC(C(=O)C=O)CC1. The smallest absolute Gasteiger partial charge is 0.198 e. The van der Waals surface area contributed by atoms with Gasteiger partial charge in [-0.25, -0.2) is 0 Å². The Kier molecular flexibility index (Phi) is 2.80. The Morgan fingerprint density at radius 3 is 2.27 bits per heavy atom. The lowest BCUT2D eigenvalue weighted by atomic mass is 9.81. The second-order valence-electron chi connectivity index (χ2n) is 3.48. The van der Waals surface area contributed by atoms with Crippen molar-refractivity contribution in [1.82, 2.24) is 0 Å². The van der Waals surface area contributed by atoms with Crippen LogP contribution >= 0.6 is 0 Å². The average Bonchev–Trinajstić information content (AvgIpc) is 2.05. The van der Waals surface area contributed by atoms with Gasteiger partial charge in [-0.2, -0.15) is 0 Å². The topological polar surface area (TPSA) is 34.1 Å². The Hall–Kier alpha value is -0.660. The fraction of sp³-hybridized carbons (Fsp3) is 0.778. The largest absolute Gasteiger partial charge is 0.295 e. The zero-order chi connectivity index (χ0) is 8.27. The minimum absolute atomic E-state index is 0.0451. The number of hydrogen-bond donors (Lipinski definition) is 0. The van der Waals surface area contributed by atoms with E-state index in [1.807, 2.05) is 0 Å². The summed E-state index contributed by atoms with van der Waals surface area (Å²) in [6, 6.07) is 0. The molecular formula is C9H14O2. The number of rotatable bonds is 2. The molecule has 0 radical (unpaired) electrons. The van der Waals surface area contributed by atoms with Crippen molar-refractivity contribution in [2.24, 2.45) is 11.8 Å². The molecule has 0 bridgehead atoms. The van der Waals surface area contributed by atoms with E-state index in [-0.39, 0.29) is 11.7 Å². The monoisotopic (exact) mass is 154 g/mol. The van der Waals surface area contributed by atoms with Crippen molar-refractivity contribution < 1.29 is 9.59 Å².